The van der Waals surface area contributed by atoms with Crippen LogP contribution >= 0.6 is 0 Å². The molecule has 2 aliphatic heterocycles. The van der Waals surface area contributed by atoms with Crippen LogP contribution in [0.1, 0.15) is 46.5 Å². The van der Waals surface area contributed by atoms with Gasteiger partial charge in [-0.1, -0.05) is 32.4 Å². The molecule has 24 heavy (non-hydrogen) atoms. The summed E-state index contributed by atoms with van der Waals surface area (Å²) in [5.74, 6) is 1.43. The topological polar surface area (TPSA) is 54.9 Å². The van der Waals surface area contributed by atoms with Gasteiger partial charge in [0.1, 0.15) is 0 Å². The van der Waals surface area contributed by atoms with Gasteiger partial charge >= 0.3 is 0 Å². The molecule has 5 heteroatoms. The molecular weight excluding hydrogens is 302 g/mol. The molecule has 0 bridgehead atoms. The van der Waals surface area contributed by atoms with Crippen LogP contribution in [0.25, 0.3) is 0 Å². The van der Waals surface area contributed by atoms with E-state index in [1.54, 1.807) is 0 Å². The van der Waals surface area contributed by atoms with Crippen molar-refractivity contribution in [3.05, 3.63) is 11.6 Å². The lowest BCUT2D eigenvalue weighted by atomic mass is 9.78. The summed E-state index contributed by atoms with van der Waals surface area (Å²) in [5.41, 5.74) is 1.66. The van der Waals surface area contributed by atoms with Crippen LogP contribution in [0.4, 0.5) is 0 Å². The second kappa shape index (κ2) is 9.42. The summed E-state index contributed by atoms with van der Waals surface area (Å²) in [6.45, 7) is 11.1. The molecule has 1 fully saturated rings. The van der Waals surface area contributed by atoms with Crippen molar-refractivity contribution in [3.8, 4) is 0 Å². The Labute approximate surface area is 147 Å². The maximum atomic E-state index is 6.06. The predicted octanol–water partition coefficient (Wildman–Crippen LogP) is 2.73. The van der Waals surface area contributed by atoms with Crippen LogP contribution in [0.2, 0.25) is 0 Å². The van der Waals surface area contributed by atoms with Crippen LogP contribution in [0, 0.1) is 11.3 Å². The van der Waals surface area contributed by atoms with Crippen molar-refractivity contribution < 1.29 is 9.47 Å². The molecule has 2 heterocycles. The quantitative estimate of drug-likeness (QED) is 0.460. The van der Waals surface area contributed by atoms with Gasteiger partial charge < -0.3 is 20.1 Å². The number of hydrogen-bond acceptors (Lipinski definition) is 3. The fourth-order valence-electron chi connectivity index (χ4n) is 3.59. The molecule has 0 saturated carbocycles. The molecule has 2 unspecified atom stereocenters. The van der Waals surface area contributed by atoms with E-state index in [2.05, 4.69) is 42.5 Å². The lowest BCUT2D eigenvalue weighted by molar-refractivity contribution is -0.0835. The zero-order valence-corrected chi connectivity index (χ0v) is 15.9. The minimum absolute atomic E-state index is 0.180. The first-order valence-corrected chi connectivity index (χ1v) is 9.32. The molecule has 2 aliphatic rings. The van der Waals surface area contributed by atoms with Gasteiger partial charge in [-0.3, -0.25) is 4.99 Å². The maximum absolute atomic E-state index is 6.06. The number of hydrogen-bond donors (Lipinski definition) is 2. The summed E-state index contributed by atoms with van der Waals surface area (Å²) < 4.78 is 11.4. The summed E-state index contributed by atoms with van der Waals surface area (Å²) in [7, 11) is 1.83. The Hall–Kier alpha value is -1.07. The summed E-state index contributed by atoms with van der Waals surface area (Å²) in [5, 5.41) is 6.92. The van der Waals surface area contributed by atoms with E-state index in [1.165, 1.54) is 12.0 Å². The number of rotatable bonds is 5. The highest BCUT2D eigenvalue weighted by atomic mass is 16.5. The highest BCUT2D eigenvalue weighted by Crippen LogP contribution is 2.33. The first-order chi connectivity index (χ1) is 11.5. The third kappa shape index (κ3) is 6.10. The van der Waals surface area contributed by atoms with Gasteiger partial charge in [0.05, 0.1) is 19.3 Å². The Morgan fingerprint density at radius 2 is 2.12 bits per heavy atom. The van der Waals surface area contributed by atoms with E-state index in [9.17, 15) is 0 Å². The van der Waals surface area contributed by atoms with Crippen molar-refractivity contribution in [2.75, 3.05) is 40.0 Å². The standard InChI is InChI=1S/C19H35N3O2/c1-19(2,3)17-16(6-5-11-24-17)14-22-18(20-4)21-10-7-15-8-12-23-13-9-15/h8,16-17H,5-7,9-14H2,1-4H3,(H2,20,21,22). The van der Waals surface area contributed by atoms with Gasteiger partial charge in [-0.05, 0) is 31.1 Å². The second-order valence-corrected chi connectivity index (χ2v) is 7.88. The smallest absolute Gasteiger partial charge is 0.190 e. The van der Waals surface area contributed by atoms with Crippen LogP contribution in [0.15, 0.2) is 16.6 Å². The van der Waals surface area contributed by atoms with Crippen LogP contribution < -0.4 is 10.6 Å². The molecule has 138 valence electrons. The molecule has 2 atom stereocenters. The SMILES string of the molecule is CN=C(NCCC1=CCOCC1)NCC1CCCOC1C(C)(C)C. The summed E-state index contributed by atoms with van der Waals surface area (Å²) in [4.78, 5) is 4.35. The lowest BCUT2D eigenvalue weighted by Crippen LogP contribution is -2.47. The Balaban J connectivity index is 1.74. The van der Waals surface area contributed by atoms with E-state index < -0.39 is 0 Å². The first-order valence-electron chi connectivity index (χ1n) is 9.32. The van der Waals surface area contributed by atoms with Crippen LogP contribution in [0.5, 0.6) is 0 Å². The Bertz CT molecular complexity index is 440. The minimum Gasteiger partial charge on any atom is -0.377 e. The van der Waals surface area contributed by atoms with E-state index in [1.807, 2.05) is 7.05 Å². The number of ether oxygens (including phenoxy) is 2. The molecule has 0 spiro atoms. The zero-order valence-electron chi connectivity index (χ0n) is 15.9. The third-order valence-corrected chi connectivity index (χ3v) is 4.85. The summed E-state index contributed by atoms with van der Waals surface area (Å²) in [6.07, 6.45) is 7.00. The number of aliphatic imine (C=N–C) groups is 1. The summed E-state index contributed by atoms with van der Waals surface area (Å²) >= 11 is 0. The molecule has 0 aliphatic carbocycles. The summed E-state index contributed by atoms with van der Waals surface area (Å²) in [6, 6.07) is 0. The fraction of sp³-hybridized carbons (Fsp3) is 0.842. The molecule has 0 aromatic heterocycles. The molecule has 2 N–H and O–H groups in total. The Kier molecular flexibility index (Phi) is 7.56. The van der Waals surface area contributed by atoms with Gasteiger partial charge in [0.15, 0.2) is 5.96 Å². The Morgan fingerprint density at radius 3 is 2.79 bits per heavy atom. The third-order valence-electron chi connectivity index (χ3n) is 4.85. The molecule has 0 radical (unpaired) electrons. The molecule has 0 aromatic rings. The highest BCUT2D eigenvalue weighted by molar-refractivity contribution is 5.79. The van der Waals surface area contributed by atoms with E-state index in [-0.39, 0.29) is 5.41 Å². The minimum atomic E-state index is 0.180. The zero-order chi connectivity index (χ0) is 17.4. The average molecular weight is 338 g/mol. The van der Waals surface area contributed by atoms with Gasteiger partial charge in [0.25, 0.3) is 0 Å². The van der Waals surface area contributed by atoms with Gasteiger partial charge in [-0.2, -0.15) is 0 Å². The van der Waals surface area contributed by atoms with Crippen molar-refractivity contribution >= 4 is 5.96 Å². The number of guanidine groups is 1. The van der Waals surface area contributed by atoms with Crippen LogP contribution in [-0.2, 0) is 9.47 Å². The lowest BCUT2D eigenvalue weighted by Gasteiger charge is -2.40. The van der Waals surface area contributed by atoms with Crippen molar-refractivity contribution in [3.63, 3.8) is 0 Å². The van der Waals surface area contributed by atoms with Crippen molar-refractivity contribution in [2.45, 2.75) is 52.6 Å². The fourth-order valence-corrected chi connectivity index (χ4v) is 3.59. The van der Waals surface area contributed by atoms with E-state index in [4.69, 9.17) is 9.47 Å². The maximum Gasteiger partial charge on any atom is 0.190 e. The first kappa shape index (κ1) is 19.3. The van der Waals surface area contributed by atoms with Gasteiger partial charge in [-0.25, -0.2) is 0 Å². The van der Waals surface area contributed by atoms with E-state index in [0.29, 0.717) is 12.0 Å². The normalized spacial score (nSPS) is 26.0. The van der Waals surface area contributed by atoms with Crippen molar-refractivity contribution in [2.24, 2.45) is 16.3 Å². The Morgan fingerprint density at radius 1 is 1.29 bits per heavy atom. The van der Waals surface area contributed by atoms with Crippen molar-refractivity contribution in [1.82, 2.24) is 10.6 Å². The molecular formula is C19H35N3O2. The largest absolute Gasteiger partial charge is 0.377 e. The molecule has 1 saturated heterocycles. The van der Waals surface area contributed by atoms with E-state index >= 15 is 0 Å². The van der Waals surface area contributed by atoms with Crippen molar-refractivity contribution in [1.29, 1.82) is 0 Å². The van der Waals surface area contributed by atoms with Crippen LogP contribution in [0.3, 0.4) is 0 Å². The molecule has 0 amide bonds. The monoisotopic (exact) mass is 337 g/mol. The number of nitrogens with one attached hydrogen (secondary N) is 2. The van der Waals surface area contributed by atoms with Crippen LogP contribution in [-0.4, -0.2) is 52.0 Å². The predicted molar refractivity (Wildman–Crippen MR) is 99.4 cm³/mol. The molecule has 2 rings (SSSR count). The van der Waals surface area contributed by atoms with Gasteiger partial charge in [0, 0.05) is 32.7 Å². The number of nitrogens with zero attached hydrogens (tertiary/aromatic N) is 1. The second-order valence-electron chi connectivity index (χ2n) is 7.88. The van der Waals surface area contributed by atoms with E-state index in [0.717, 1.165) is 58.1 Å². The highest BCUT2D eigenvalue weighted by Gasteiger charge is 2.35. The average Bonchev–Trinajstić information content (AvgIpc) is 2.58. The van der Waals surface area contributed by atoms with Gasteiger partial charge in [0.2, 0.25) is 0 Å². The van der Waals surface area contributed by atoms with Gasteiger partial charge in [-0.15, -0.1) is 0 Å². The molecule has 5 nitrogen and oxygen atoms in total. The molecule has 0 aromatic carbocycles.